The first-order valence-electron chi connectivity index (χ1n) is 9.23. The van der Waals surface area contributed by atoms with Gasteiger partial charge in [0.1, 0.15) is 0 Å². The van der Waals surface area contributed by atoms with Crippen molar-refractivity contribution < 1.29 is 14.3 Å². The van der Waals surface area contributed by atoms with Gasteiger partial charge in [-0.2, -0.15) is 0 Å². The van der Waals surface area contributed by atoms with E-state index in [2.05, 4.69) is 21.4 Å². The number of nitrogens with one attached hydrogen (secondary N) is 1. The number of carbonyl (C=O) groups excluding carboxylic acids is 2. The topological polar surface area (TPSA) is 81.2 Å². The largest absolute Gasteiger partial charge is 0.452 e. The molecule has 4 aromatic rings. The summed E-state index contributed by atoms with van der Waals surface area (Å²) in [4.78, 5) is 32.6. The van der Waals surface area contributed by atoms with E-state index < -0.39 is 18.5 Å². The van der Waals surface area contributed by atoms with Gasteiger partial charge in [-0.3, -0.25) is 4.79 Å². The Morgan fingerprint density at radius 2 is 1.87 bits per heavy atom. The number of hydrogen-bond donors (Lipinski definition) is 1. The first kappa shape index (κ1) is 21.3. The normalized spacial score (nSPS) is 10.7. The Labute approximate surface area is 191 Å². The lowest BCUT2D eigenvalue weighted by Gasteiger charge is -2.08. The number of aromatic nitrogens is 2. The van der Waals surface area contributed by atoms with E-state index in [4.69, 9.17) is 16.3 Å². The minimum atomic E-state index is -0.571. The third kappa shape index (κ3) is 5.61. The maximum atomic E-state index is 12.2. The molecule has 6 nitrogen and oxygen atoms in total. The number of esters is 1. The zero-order valence-electron chi connectivity index (χ0n) is 16.1. The minimum absolute atomic E-state index is 0.168. The maximum absolute atomic E-state index is 12.2. The molecule has 0 radical (unpaired) electrons. The van der Waals surface area contributed by atoms with Crippen LogP contribution in [0.25, 0.3) is 10.2 Å². The molecule has 2 aromatic heterocycles. The molecule has 0 fully saturated rings. The molecule has 1 amide bonds. The summed E-state index contributed by atoms with van der Waals surface area (Å²) in [6.45, 7) is -0.417. The SMILES string of the molecule is O=C(COC(=O)c1ccc(CSc2nc3ccccc3s2)cc1)Nc1cccnc1Cl. The number of pyridine rings is 1. The van der Waals surface area contributed by atoms with Crippen LogP contribution in [0.2, 0.25) is 5.15 Å². The van der Waals surface area contributed by atoms with Crippen LogP contribution in [0.15, 0.2) is 71.2 Å². The van der Waals surface area contributed by atoms with Crippen LogP contribution in [-0.4, -0.2) is 28.5 Å². The molecular formula is C22H16ClN3O3S2. The van der Waals surface area contributed by atoms with Gasteiger partial charge in [0.15, 0.2) is 16.1 Å². The molecule has 0 aliphatic carbocycles. The molecular weight excluding hydrogens is 454 g/mol. The summed E-state index contributed by atoms with van der Waals surface area (Å²) in [7, 11) is 0. The van der Waals surface area contributed by atoms with E-state index in [-0.39, 0.29) is 5.15 Å². The number of hydrogen-bond acceptors (Lipinski definition) is 7. The van der Waals surface area contributed by atoms with Crippen molar-refractivity contribution in [2.75, 3.05) is 11.9 Å². The summed E-state index contributed by atoms with van der Waals surface area (Å²) < 4.78 is 7.25. The quantitative estimate of drug-likeness (QED) is 0.221. The van der Waals surface area contributed by atoms with Gasteiger partial charge in [-0.25, -0.2) is 14.8 Å². The van der Waals surface area contributed by atoms with E-state index >= 15 is 0 Å². The lowest BCUT2D eigenvalue weighted by Crippen LogP contribution is -2.21. The molecule has 0 bridgehead atoms. The zero-order chi connectivity index (χ0) is 21.6. The molecule has 0 atom stereocenters. The number of thiazole rings is 1. The van der Waals surface area contributed by atoms with Crippen molar-refractivity contribution >= 4 is 62.5 Å². The number of halogens is 1. The molecule has 0 saturated carbocycles. The molecule has 0 saturated heterocycles. The third-order valence-corrected chi connectivity index (χ3v) is 6.75. The van der Waals surface area contributed by atoms with Gasteiger partial charge in [-0.1, -0.05) is 47.6 Å². The van der Waals surface area contributed by atoms with Gasteiger partial charge in [0, 0.05) is 11.9 Å². The van der Waals surface area contributed by atoms with Crippen LogP contribution in [-0.2, 0) is 15.3 Å². The van der Waals surface area contributed by atoms with E-state index in [1.165, 1.54) is 6.20 Å². The van der Waals surface area contributed by atoms with Crippen molar-refractivity contribution in [1.82, 2.24) is 9.97 Å². The number of thioether (sulfide) groups is 1. The van der Waals surface area contributed by atoms with Gasteiger partial charge in [-0.15, -0.1) is 11.3 Å². The maximum Gasteiger partial charge on any atom is 0.338 e. The number of ether oxygens (including phenoxy) is 1. The van der Waals surface area contributed by atoms with Crippen LogP contribution in [0, 0.1) is 0 Å². The summed E-state index contributed by atoms with van der Waals surface area (Å²) in [5.41, 5.74) is 2.80. The summed E-state index contributed by atoms with van der Waals surface area (Å²) in [5.74, 6) is -0.325. The number of benzene rings is 2. The Bertz CT molecular complexity index is 1200. The van der Waals surface area contributed by atoms with Crippen molar-refractivity contribution in [3.05, 3.63) is 83.1 Å². The molecule has 9 heteroatoms. The second kappa shape index (κ2) is 9.91. The van der Waals surface area contributed by atoms with Gasteiger partial charge in [0.2, 0.25) is 0 Å². The Kier molecular flexibility index (Phi) is 6.81. The first-order chi connectivity index (χ1) is 15.1. The molecule has 0 spiro atoms. The average molecular weight is 470 g/mol. The van der Waals surface area contributed by atoms with Gasteiger partial charge in [0.25, 0.3) is 5.91 Å². The molecule has 4 rings (SSSR count). The highest BCUT2D eigenvalue weighted by Gasteiger charge is 2.12. The number of anilines is 1. The number of carbonyl (C=O) groups is 2. The fourth-order valence-corrected chi connectivity index (χ4v) is 4.87. The molecule has 0 unspecified atom stereocenters. The molecule has 31 heavy (non-hydrogen) atoms. The number of nitrogens with zero attached hydrogens (tertiary/aromatic N) is 2. The van der Waals surface area contributed by atoms with Crippen LogP contribution in [0.3, 0.4) is 0 Å². The Balaban J connectivity index is 1.27. The summed E-state index contributed by atoms with van der Waals surface area (Å²) in [6.07, 6.45) is 1.51. The number of para-hydroxylation sites is 1. The van der Waals surface area contributed by atoms with Crippen LogP contribution in [0.1, 0.15) is 15.9 Å². The highest BCUT2D eigenvalue weighted by molar-refractivity contribution is 8.00. The summed E-state index contributed by atoms with van der Waals surface area (Å²) >= 11 is 9.20. The molecule has 2 aromatic carbocycles. The van der Waals surface area contributed by atoms with Crippen molar-refractivity contribution in [2.24, 2.45) is 0 Å². The summed E-state index contributed by atoms with van der Waals surface area (Å²) in [5, 5.41) is 2.72. The third-order valence-electron chi connectivity index (χ3n) is 4.19. The predicted octanol–water partition coefficient (Wildman–Crippen LogP) is 5.43. The average Bonchev–Trinajstić information content (AvgIpc) is 3.21. The molecule has 0 aliphatic rings. The van der Waals surface area contributed by atoms with Gasteiger partial charge in [-0.05, 0) is 42.0 Å². The first-order valence-corrected chi connectivity index (χ1v) is 11.4. The van der Waals surface area contributed by atoms with Gasteiger partial charge in [0.05, 0.1) is 21.5 Å². The second-order valence-corrected chi connectivity index (χ2v) is 9.01. The van der Waals surface area contributed by atoms with Crippen LogP contribution in [0.5, 0.6) is 0 Å². The van der Waals surface area contributed by atoms with Crippen molar-refractivity contribution in [2.45, 2.75) is 10.1 Å². The van der Waals surface area contributed by atoms with E-state index in [0.717, 1.165) is 25.9 Å². The Morgan fingerprint density at radius 3 is 2.65 bits per heavy atom. The standard InChI is InChI=1S/C22H16ClN3O3S2/c23-20-17(5-3-11-24-20)25-19(27)12-29-21(28)15-9-7-14(8-10-15)13-30-22-26-16-4-1-2-6-18(16)31-22/h1-11H,12-13H2,(H,25,27). The molecule has 1 N–H and O–H groups in total. The number of amides is 1. The van der Waals surface area contributed by atoms with E-state index in [1.807, 2.05) is 30.3 Å². The van der Waals surface area contributed by atoms with Crippen molar-refractivity contribution in [3.8, 4) is 0 Å². The van der Waals surface area contributed by atoms with Crippen LogP contribution < -0.4 is 5.32 Å². The Hall–Kier alpha value is -2.94. The Morgan fingerprint density at radius 1 is 1.06 bits per heavy atom. The smallest absolute Gasteiger partial charge is 0.338 e. The zero-order valence-corrected chi connectivity index (χ0v) is 18.5. The second-order valence-electron chi connectivity index (χ2n) is 6.40. The number of rotatable bonds is 7. The minimum Gasteiger partial charge on any atom is -0.452 e. The number of fused-ring (bicyclic) bond motifs is 1. The lowest BCUT2D eigenvalue weighted by molar-refractivity contribution is -0.119. The van der Waals surface area contributed by atoms with E-state index in [1.54, 1.807) is 47.4 Å². The van der Waals surface area contributed by atoms with Crippen molar-refractivity contribution in [3.63, 3.8) is 0 Å². The van der Waals surface area contributed by atoms with Crippen LogP contribution >= 0.6 is 34.7 Å². The predicted molar refractivity (Wildman–Crippen MR) is 124 cm³/mol. The molecule has 156 valence electrons. The molecule has 2 heterocycles. The highest BCUT2D eigenvalue weighted by Crippen LogP contribution is 2.31. The van der Waals surface area contributed by atoms with Crippen molar-refractivity contribution in [1.29, 1.82) is 0 Å². The monoisotopic (exact) mass is 469 g/mol. The van der Waals surface area contributed by atoms with E-state index in [0.29, 0.717) is 11.3 Å². The van der Waals surface area contributed by atoms with Gasteiger partial charge >= 0.3 is 5.97 Å². The van der Waals surface area contributed by atoms with Gasteiger partial charge < -0.3 is 10.1 Å². The summed E-state index contributed by atoms with van der Waals surface area (Å²) in [6, 6.07) is 18.4. The lowest BCUT2D eigenvalue weighted by atomic mass is 10.1. The fourth-order valence-electron chi connectivity index (χ4n) is 2.67. The van der Waals surface area contributed by atoms with Crippen LogP contribution in [0.4, 0.5) is 5.69 Å². The highest BCUT2D eigenvalue weighted by atomic mass is 35.5. The van der Waals surface area contributed by atoms with E-state index in [9.17, 15) is 9.59 Å². The molecule has 0 aliphatic heterocycles. The fraction of sp³-hybridized carbons (Fsp3) is 0.0909.